The minimum absolute atomic E-state index is 0.239. The SMILES string of the molecule is CN1CCC[C@H]1CCOCCCO. The molecule has 0 aliphatic carbocycles. The van der Waals surface area contributed by atoms with E-state index in [1.165, 1.54) is 19.4 Å². The smallest absolute Gasteiger partial charge is 0.0487 e. The standard InChI is InChI=1S/C10H21NO2/c1-11-6-2-4-10(11)5-9-13-8-3-7-12/h10,12H,2-9H2,1H3/t10-/m0/s1. The number of hydrogen-bond acceptors (Lipinski definition) is 3. The predicted octanol–water partition coefficient (Wildman–Crippen LogP) is 0.870. The molecule has 0 saturated carbocycles. The van der Waals surface area contributed by atoms with Gasteiger partial charge in [-0.15, -0.1) is 0 Å². The third kappa shape index (κ3) is 4.07. The molecule has 0 aromatic rings. The van der Waals surface area contributed by atoms with Gasteiger partial charge in [0, 0.05) is 25.9 Å². The normalized spacial score (nSPS) is 24.0. The molecule has 13 heavy (non-hydrogen) atoms. The van der Waals surface area contributed by atoms with E-state index in [0.29, 0.717) is 6.61 Å². The minimum Gasteiger partial charge on any atom is -0.396 e. The number of nitrogens with zero attached hydrogens (tertiary/aromatic N) is 1. The van der Waals surface area contributed by atoms with Gasteiger partial charge in [-0.3, -0.25) is 0 Å². The lowest BCUT2D eigenvalue weighted by Gasteiger charge is -2.18. The van der Waals surface area contributed by atoms with Crippen molar-refractivity contribution in [2.24, 2.45) is 0 Å². The van der Waals surface area contributed by atoms with Crippen LogP contribution in [0.2, 0.25) is 0 Å². The Morgan fingerprint density at radius 3 is 2.92 bits per heavy atom. The molecule has 1 heterocycles. The van der Waals surface area contributed by atoms with Crippen LogP contribution >= 0.6 is 0 Å². The second kappa shape index (κ2) is 6.35. The number of rotatable bonds is 6. The molecule has 3 nitrogen and oxygen atoms in total. The lowest BCUT2D eigenvalue weighted by atomic mass is 10.1. The van der Waals surface area contributed by atoms with Crippen LogP contribution in [-0.4, -0.2) is 49.5 Å². The van der Waals surface area contributed by atoms with Gasteiger partial charge in [-0.1, -0.05) is 0 Å². The number of hydrogen-bond donors (Lipinski definition) is 1. The van der Waals surface area contributed by atoms with E-state index < -0.39 is 0 Å². The first-order valence-electron chi connectivity index (χ1n) is 5.23. The Bertz CT molecular complexity index is 130. The molecular weight excluding hydrogens is 166 g/mol. The third-order valence-electron chi connectivity index (χ3n) is 2.71. The van der Waals surface area contributed by atoms with Crippen LogP contribution in [0.4, 0.5) is 0 Å². The zero-order chi connectivity index (χ0) is 9.52. The van der Waals surface area contributed by atoms with Gasteiger partial charge < -0.3 is 14.7 Å². The van der Waals surface area contributed by atoms with E-state index in [9.17, 15) is 0 Å². The van der Waals surface area contributed by atoms with Crippen LogP contribution in [0.1, 0.15) is 25.7 Å². The van der Waals surface area contributed by atoms with Crippen LogP contribution in [0.25, 0.3) is 0 Å². The molecule has 0 spiro atoms. The molecule has 1 saturated heterocycles. The summed E-state index contributed by atoms with van der Waals surface area (Å²) in [6.07, 6.45) is 4.56. The van der Waals surface area contributed by atoms with E-state index in [2.05, 4.69) is 11.9 Å². The molecular formula is C10H21NO2. The fourth-order valence-corrected chi connectivity index (χ4v) is 1.83. The van der Waals surface area contributed by atoms with E-state index in [-0.39, 0.29) is 6.61 Å². The first-order chi connectivity index (χ1) is 6.34. The van der Waals surface area contributed by atoms with Crippen molar-refractivity contribution in [3.63, 3.8) is 0 Å². The summed E-state index contributed by atoms with van der Waals surface area (Å²) in [4.78, 5) is 2.41. The van der Waals surface area contributed by atoms with Gasteiger partial charge in [0.05, 0.1) is 0 Å². The Hall–Kier alpha value is -0.120. The Morgan fingerprint density at radius 2 is 2.31 bits per heavy atom. The van der Waals surface area contributed by atoms with E-state index in [0.717, 1.165) is 25.5 Å². The largest absolute Gasteiger partial charge is 0.396 e. The zero-order valence-electron chi connectivity index (χ0n) is 8.54. The Balaban J connectivity index is 1.93. The summed E-state index contributed by atoms with van der Waals surface area (Å²) in [5, 5.41) is 8.53. The monoisotopic (exact) mass is 187 g/mol. The number of aliphatic hydroxyl groups is 1. The van der Waals surface area contributed by atoms with Crippen LogP contribution in [0, 0.1) is 0 Å². The summed E-state index contributed by atoms with van der Waals surface area (Å²) in [6, 6.07) is 0.731. The Morgan fingerprint density at radius 1 is 1.46 bits per heavy atom. The predicted molar refractivity (Wildman–Crippen MR) is 52.8 cm³/mol. The Labute approximate surface area is 80.7 Å². The molecule has 1 fully saturated rings. The van der Waals surface area contributed by atoms with Crippen LogP contribution < -0.4 is 0 Å². The van der Waals surface area contributed by atoms with Crippen molar-refractivity contribution in [2.75, 3.05) is 33.4 Å². The molecule has 0 radical (unpaired) electrons. The molecule has 0 bridgehead atoms. The summed E-state index contributed by atoms with van der Waals surface area (Å²) >= 11 is 0. The summed E-state index contributed by atoms with van der Waals surface area (Å²) < 4.78 is 5.40. The highest BCUT2D eigenvalue weighted by molar-refractivity contribution is 4.75. The van der Waals surface area contributed by atoms with Crippen molar-refractivity contribution in [3.05, 3.63) is 0 Å². The van der Waals surface area contributed by atoms with Gasteiger partial charge in [-0.05, 0) is 39.3 Å². The maximum Gasteiger partial charge on any atom is 0.0487 e. The number of ether oxygens (including phenoxy) is 1. The molecule has 1 N–H and O–H groups in total. The molecule has 0 unspecified atom stereocenters. The van der Waals surface area contributed by atoms with Gasteiger partial charge in [0.15, 0.2) is 0 Å². The first-order valence-corrected chi connectivity index (χ1v) is 5.23. The van der Waals surface area contributed by atoms with Crippen LogP contribution in [0.3, 0.4) is 0 Å². The van der Waals surface area contributed by atoms with Crippen molar-refractivity contribution in [2.45, 2.75) is 31.7 Å². The van der Waals surface area contributed by atoms with Crippen molar-refractivity contribution in [3.8, 4) is 0 Å². The topological polar surface area (TPSA) is 32.7 Å². The van der Waals surface area contributed by atoms with Crippen molar-refractivity contribution < 1.29 is 9.84 Å². The first kappa shape index (κ1) is 11.0. The minimum atomic E-state index is 0.239. The summed E-state index contributed by atoms with van der Waals surface area (Å²) in [5.74, 6) is 0. The Kier molecular flexibility index (Phi) is 5.35. The van der Waals surface area contributed by atoms with Crippen molar-refractivity contribution in [1.29, 1.82) is 0 Å². The lowest BCUT2D eigenvalue weighted by Crippen LogP contribution is -2.26. The zero-order valence-corrected chi connectivity index (χ0v) is 8.54. The highest BCUT2D eigenvalue weighted by atomic mass is 16.5. The summed E-state index contributed by atoms with van der Waals surface area (Å²) in [7, 11) is 2.19. The van der Waals surface area contributed by atoms with Crippen LogP contribution in [0.5, 0.6) is 0 Å². The molecule has 1 atom stereocenters. The van der Waals surface area contributed by atoms with Crippen LogP contribution in [0.15, 0.2) is 0 Å². The fraction of sp³-hybridized carbons (Fsp3) is 1.00. The average Bonchev–Trinajstić information content (AvgIpc) is 2.52. The summed E-state index contributed by atoms with van der Waals surface area (Å²) in [6.45, 7) is 3.02. The molecule has 0 aromatic heterocycles. The molecule has 1 rings (SSSR count). The van der Waals surface area contributed by atoms with Crippen LogP contribution in [-0.2, 0) is 4.74 Å². The van der Waals surface area contributed by atoms with Gasteiger partial charge >= 0.3 is 0 Å². The quantitative estimate of drug-likeness (QED) is 0.626. The number of likely N-dealkylation sites (tertiary alicyclic amines) is 1. The maximum atomic E-state index is 8.53. The molecule has 78 valence electrons. The van der Waals surface area contributed by atoms with E-state index >= 15 is 0 Å². The highest BCUT2D eigenvalue weighted by Crippen LogP contribution is 2.17. The average molecular weight is 187 g/mol. The van der Waals surface area contributed by atoms with Gasteiger partial charge in [0.1, 0.15) is 0 Å². The third-order valence-corrected chi connectivity index (χ3v) is 2.71. The molecule has 3 heteroatoms. The van der Waals surface area contributed by atoms with Gasteiger partial charge in [0.2, 0.25) is 0 Å². The van der Waals surface area contributed by atoms with Gasteiger partial charge in [-0.2, -0.15) is 0 Å². The molecule has 0 amide bonds. The van der Waals surface area contributed by atoms with E-state index in [4.69, 9.17) is 9.84 Å². The van der Waals surface area contributed by atoms with Crippen molar-refractivity contribution in [1.82, 2.24) is 4.90 Å². The number of aliphatic hydroxyl groups excluding tert-OH is 1. The molecule has 0 aromatic carbocycles. The van der Waals surface area contributed by atoms with Gasteiger partial charge in [-0.25, -0.2) is 0 Å². The summed E-state index contributed by atoms with van der Waals surface area (Å²) in [5.41, 5.74) is 0. The lowest BCUT2D eigenvalue weighted by molar-refractivity contribution is 0.0995. The fourth-order valence-electron chi connectivity index (χ4n) is 1.83. The van der Waals surface area contributed by atoms with Crippen molar-refractivity contribution >= 4 is 0 Å². The molecule has 1 aliphatic rings. The second-order valence-electron chi connectivity index (χ2n) is 3.75. The van der Waals surface area contributed by atoms with E-state index in [1.54, 1.807) is 0 Å². The maximum absolute atomic E-state index is 8.53. The van der Waals surface area contributed by atoms with E-state index in [1.807, 2.05) is 0 Å². The molecule has 1 aliphatic heterocycles. The van der Waals surface area contributed by atoms with Gasteiger partial charge in [0.25, 0.3) is 0 Å². The second-order valence-corrected chi connectivity index (χ2v) is 3.75. The highest BCUT2D eigenvalue weighted by Gasteiger charge is 2.19.